The first-order chi connectivity index (χ1) is 7.67. The zero-order chi connectivity index (χ0) is 13.7. The van der Waals surface area contributed by atoms with Crippen molar-refractivity contribution in [2.45, 2.75) is 52.6 Å². The first-order valence-electron chi connectivity index (χ1n) is 5.42. The largest absolute Gasteiger partial charge is 0.447 e. The molecule has 0 bridgehead atoms. The van der Waals surface area contributed by atoms with Gasteiger partial charge < -0.3 is 21.0 Å². The van der Waals surface area contributed by atoms with Gasteiger partial charge in [-0.3, -0.25) is 0 Å². The molecular weight excluding hydrogens is 309 g/mol. The second kappa shape index (κ2) is 8.20. The Morgan fingerprint density at radius 1 is 0.889 bits per heavy atom. The Labute approximate surface area is 134 Å². The molecule has 0 heterocycles. The predicted molar refractivity (Wildman–Crippen MR) is 68.5 cm³/mol. The van der Waals surface area contributed by atoms with Gasteiger partial charge in [-0.15, -0.1) is 0 Å². The van der Waals surface area contributed by atoms with Crippen molar-refractivity contribution in [3.63, 3.8) is 0 Å². The molecule has 0 unspecified atom stereocenters. The van der Waals surface area contributed by atoms with Gasteiger partial charge in [-0.05, 0) is 41.5 Å². The molecule has 103 valence electrons. The molecule has 0 saturated carbocycles. The predicted octanol–water partition coefficient (Wildman–Crippen LogP) is 1.54. The molecule has 0 aliphatic rings. The van der Waals surface area contributed by atoms with E-state index in [1.54, 1.807) is 20.5 Å². The van der Waals surface area contributed by atoms with Gasteiger partial charge in [0.05, 0.1) is 11.4 Å². The van der Waals surface area contributed by atoms with E-state index in [-0.39, 0.29) is 32.7 Å². The van der Waals surface area contributed by atoms with Crippen molar-refractivity contribution in [3.8, 4) is 0 Å². The van der Waals surface area contributed by atoms with Gasteiger partial charge in [0.15, 0.2) is 0 Å². The quantitative estimate of drug-likeness (QED) is 0.257. The summed E-state index contributed by atoms with van der Waals surface area (Å²) in [5, 5.41) is 29.9. The fraction of sp³-hybridized carbons (Fsp3) is 0.727. The minimum atomic E-state index is -0.456. The Balaban J connectivity index is 0. The fourth-order valence-corrected chi connectivity index (χ4v) is 0.856. The molecule has 0 aromatic rings. The van der Waals surface area contributed by atoms with Crippen molar-refractivity contribution in [3.05, 3.63) is 6.67 Å². The van der Waals surface area contributed by atoms with Crippen LogP contribution in [0.5, 0.6) is 0 Å². The molecule has 0 aliphatic carbocycles. The van der Waals surface area contributed by atoms with E-state index in [4.69, 9.17) is 10.4 Å². The Hall–Kier alpha value is -0.0361. The van der Waals surface area contributed by atoms with Gasteiger partial charge in [0.25, 0.3) is 0 Å². The minimum absolute atomic E-state index is 0. The molecule has 0 saturated heterocycles. The normalized spacial score (nSPS) is 14.3. The van der Waals surface area contributed by atoms with Crippen molar-refractivity contribution in [2.75, 3.05) is 0 Å². The van der Waals surface area contributed by atoms with Crippen LogP contribution in [0.4, 0.5) is 0 Å². The van der Waals surface area contributed by atoms with E-state index in [2.05, 4.69) is 20.9 Å². The number of hydrogen-bond acceptors (Lipinski definition) is 6. The SMILES string of the molecule is C/C(=N\O)C(C)(C)N[CH-]NC(C)(C)/C(C)=N/O.[Y]. The topological polar surface area (TPSA) is 89.2 Å². The summed E-state index contributed by atoms with van der Waals surface area (Å²) >= 11 is 0. The third kappa shape index (κ3) is 6.22. The summed E-state index contributed by atoms with van der Waals surface area (Å²) in [6, 6.07) is 0. The van der Waals surface area contributed by atoms with E-state index in [0.29, 0.717) is 11.4 Å². The summed E-state index contributed by atoms with van der Waals surface area (Å²) in [5.74, 6) is 0. The standard InChI is InChI=1S/C11H23N4O2.Y/c1-8(14-16)10(3,4)12-7-13-11(5,6)9(2)15-17;/h7,12-13,16-17H,1-6H3;/q-1;/b14-8+,15-9+;. The molecule has 7 heteroatoms. The molecule has 0 aromatic carbocycles. The van der Waals surface area contributed by atoms with Gasteiger partial charge in [-0.1, -0.05) is 10.3 Å². The van der Waals surface area contributed by atoms with Crippen molar-refractivity contribution >= 4 is 11.4 Å². The molecule has 18 heavy (non-hydrogen) atoms. The number of nitrogens with one attached hydrogen (secondary N) is 2. The van der Waals surface area contributed by atoms with Crippen LogP contribution in [0.1, 0.15) is 41.5 Å². The smallest absolute Gasteiger partial charge is 0.0710 e. The molecule has 0 aliphatic heterocycles. The maximum atomic E-state index is 8.72. The summed E-state index contributed by atoms with van der Waals surface area (Å²) in [6.07, 6.45) is 0. The Morgan fingerprint density at radius 2 is 1.17 bits per heavy atom. The average Bonchev–Trinajstić information content (AvgIpc) is 2.25. The summed E-state index contributed by atoms with van der Waals surface area (Å²) in [7, 11) is 0. The van der Waals surface area contributed by atoms with Crippen LogP contribution in [0.3, 0.4) is 0 Å². The molecule has 0 aromatic heterocycles. The first kappa shape index (κ1) is 20.3. The maximum Gasteiger partial charge on any atom is 0.0710 e. The van der Waals surface area contributed by atoms with E-state index in [0.717, 1.165) is 0 Å². The van der Waals surface area contributed by atoms with Crippen molar-refractivity contribution < 1.29 is 43.1 Å². The van der Waals surface area contributed by atoms with Gasteiger partial charge in [0.1, 0.15) is 0 Å². The minimum Gasteiger partial charge on any atom is -0.447 e. The van der Waals surface area contributed by atoms with Crippen molar-refractivity contribution in [1.82, 2.24) is 10.6 Å². The molecular formula is C11H23N4O2Y-. The number of hydrogen-bond donors (Lipinski definition) is 4. The first-order valence-corrected chi connectivity index (χ1v) is 5.42. The van der Waals surface area contributed by atoms with Gasteiger partial charge in [0, 0.05) is 43.8 Å². The van der Waals surface area contributed by atoms with Crippen molar-refractivity contribution in [1.29, 1.82) is 0 Å². The zero-order valence-electron chi connectivity index (χ0n) is 11.9. The van der Waals surface area contributed by atoms with Crippen LogP contribution < -0.4 is 10.6 Å². The zero-order valence-corrected chi connectivity index (χ0v) is 14.8. The van der Waals surface area contributed by atoms with Gasteiger partial charge in [-0.25, -0.2) is 6.67 Å². The summed E-state index contributed by atoms with van der Waals surface area (Å²) < 4.78 is 0. The Bertz CT molecular complexity index is 284. The molecule has 0 amide bonds. The van der Waals surface area contributed by atoms with Crippen LogP contribution >= 0.6 is 0 Å². The molecule has 1 radical (unpaired) electrons. The molecule has 0 spiro atoms. The second-order valence-corrected chi connectivity index (χ2v) is 5.05. The van der Waals surface area contributed by atoms with E-state index in [1.165, 1.54) is 0 Å². The van der Waals surface area contributed by atoms with Crippen LogP contribution in [0, 0.1) is 6.67 Å². The van der Waals surface area contributed by atoms with Crippen molar-refractivity contribution in [2.24, 2.45) is 10.3 Å². The molecule has 4 N–H and O–H groups in total. The monoisotopic (exact) mass is 332 g/mol. The summed E-state index contributed by atoms with van der Waals surface area (Å²) in [6.45, 7) is 12.7. The molecule has 0 atom stereocenters. The van der Waals surface area contributed by atoms with Crippen LogP contribution in [0.15, 0.2) is 10.3 Å². The fourth-order valence-electron chi connectivity index (χ4n) is 0.856. The summed E-state index contributed by atoms with van der Waals surface area (Å²) in [5.41, 5.74) is 0.228. The van der Waals surface area contributed by atoms with Gasteiger partial charge >= 0.3 is 0 Å². The molecule has 6 nitrogen and oxygen atoms in total. The third-order valence-electron chi connectivity index (χ3n) is 2.98. The number of rotatable bonds is 6. The van der Waals surface area contributed by atoms with Crippen LogP contribution in [-0.4, -0.2) is 32.9 Å². The third-order valence-corrected chi connectivity index (χ3v) is 2.98. The van der Waals surface area contributed by atoms with Gasteiger partial charge in [-0.2, -0.15) is 0 Å². The van der Waals surface area contributed by atoms with Gasteiger partial charge in [0.2, 0.25) is 0 Å². The molecule has 0 rings (SSSR count). The average molecular weight is 332 g/mol. The van der Waals surface area contributed by atoms with E-state index in [1.807, 2.05) is 27.7 Å². The van der Waals surface area contributed by atoms with E-state index in [9.17, 15) is 0 Å². The number of oxime groups is 2. The Kier molecular flexibility index (Phi) is 9.24. The summed E-state index contributed by atoms with van der Waals surface area (Å²) in [4.78, 5) is 0. The van der Waals surface area contributed by atoms with Crippen LogP contribution in [0.2, 0.25) is 0 Å². The molecule has 0 fully saturated rings. The second-order valence-electron chi connectivity index (χ2n) is 5.05. The van der Waals surface area contributed by atoms with E-state index >= 15 is 0 Å². The van der Waals surface area contributed by atoms with E-state index < -0.39 is 11.1 Å². The van der Waals surface area contributed by atoms with Crippen LogP contribution in [0.25, 0.3) is 0 Å². The Morgan fingerprint density at radius 3 is 1.39 bits per heavy atom. The number of nitrogens with zero attached hydrogens (tertiary/aromatic N) is 2. The van der Waals surface area contributed by atoms with Crippen LogP contribution in [-0.2, 0) is 32.7 Å². The maximum absolute atomic E-state index is 8.72.